The van der Waals surface area contributed by atoms with Gasteiger partial charge in [-0.2, -0.15) is 5.26 Å². The van der Waals surface area contributed by atoms with Gasteiger partial charge in [-0.25, -0.2) is 4.98 Å². The van der Waals surface area contributed by atoms with Crippen molar-refractivity contribution >= 4 is 5.82 Å². The quantitative estimate of drug-likeness (QED) is 0.503. The van der Waals surface area contributed by atoms with Crippen molar-refractivity contribution in [3.63, 3.8) is 0 Å². The van der Waals surface area contributed by atoms with Crippen molar-refractivity contribution < 1.29 is 9.26 Å². The van der Waals surface area contributed by atoms with E-state index >= 15 is 0 Å². The molecule has 4 heterocycles. The number of piperidine rings is 1. The van der Waals surface area contributed by atoms with E-state index in [0.29, 0.717) is 30.2 Å². The van der Waals surface area contributed by atoms with E-state index in [1.165, 1.54) is 31.2 Å². The second-order valence-electron chi connectivity index (χ2n) is 9.68. The summed E-state index contributed by atoms with van der Waals surface area (Å²) >= 11 is 0. The van der Waals surface area contributed by atoms with Gasteiger partial charge in [0.2, 0.25) is 0 Å². The molecule has 6 rings (SSSR count). The fourth-order valence-corrected chi connectivity index (χ4v) is 5.62. The molecule has 6 nitrogen and oxygen atoms in total. The second-order valence-corrected chi connectivity index (χ2v) is 9.68. The van der Waals surface area contributed by atoms with Crippen LogP contribution in [-0.4, -0.2) is 28.3 Å². The lowest BCUT2D eigenvalue weighted by Gasteiger charge is -2.39. The van der Waals surface area contributed by atoms with E-state index in [0.717, 1.165) is 41.2 Å². The van der Waals surface area contributed by atoms with E-state index in [1.54, 1.807) is 6.20 Å². The van der Waals surface area contributed by atoms with Gasteiger partial charge in [0, 0.05) is 35.3 Å². The van der Waals surface area contributed by atoms with E-state index in [1.807, 2.05) is 12.1 Å². The molecular weight excluding hydrogens is 412 g/mol. The first-order valence-electron chi connectivity index (χ1n) is 12.0. The molecule has 1 aliphatic carbocycles. The summed E-state index contributed by atoms with van der Waals surface area (Å²) in [5.74, 6) is 2.50. The van der Waals surface area contributed by atoms with Gasteiger partial charge in [-0.1, -0.05) is 29.4 Å². The first-order chi connectivity index (χ1) is 16.2. The number of aryl methyl sites for hydroxylation is 1. The van der Waals surface area contributed by atoms with Crippen LogP contribution >= 0.6 is 0 Å². The number of benzene rings is 1. The third-order valence-electron chi connectivity index (χ3n) is 7.46. The Morgan fingerprint density at radius 3 is 2.55 bits per heavy atom. The number of nitrogens with zero attached hydrogens (tertiary/aromatic N) is 4. The maximum Gasteiger partial charge on any atom is 0.145 e. The molecule has 3 atom stereocenters. The fourth-order valence-electron chi connectivity index (χ4n) is 5.62. The van der Waals surface area contributed by atoms with Crippen molar-refractivity contribution in [1.82, 2.24) is 10.1 Å². The molecule has 0 radical (unpaired) electrons. The summed E-state index contributed by atoms with van der Waals surface area (Å²) in [5.41, 5.74) is 5.02. The number of ether oxygens (including phenoxy) is 1. The van der Waals surface area contributed by atoms with E-state index in [9.17, 15) is 0 Å². The van der Waals surface area contributed by atoms with Crippen LogP contribution in [0.25, 0.3) is 11.3 Å². The topological polar surface area (TPSA) is 75.2 Å². The minimum Gasteiger partial charge on any atom is -0.373 e. The number of anilines is 1. The Kier molecular flexibility index (Phi) is 5.15. The van der Waals surface area contributed by atoms with Crippen LogP contribution in [0.15, 0.2) is 47.1 Å². The molecule has 33 heavy (non-hydrogen) atoms. The molecule has 2 aliphatic heterocycles. The predicted octanol–water partition coefficient (Wildman–Crippen LogP) is 5.51. The molecule has 6 heteroatoms. The van der Waals surface area contributed by atoms with Gasteiger partial charge in [-0.05, 0) is 63.1 Å². The lowest BCUT2D eigenvalue weighted by atomic mass is 9.98. The Balaban J connectivity index is 1.19. The Morgan fingerprint density at radius 2 is 1.88 bits per heavy atom. The van der Waals surface area contributed by atoms with Crippen molar-refractivity contribution in [2.45, 2.75) is 76.2 Å². The fraction of sp³-hybridized carbons (Fsp3) is 0.444. The van der Waals surface area contributed by atoms with Crippen molar-refractivity contribution in [1.29, 1.82) is 5.26 Å². The summed E-state index contributed by atoms with van der Waals surface area (Å²) in [6, 6.07) is 15.2. The van der Waals surface area contributed by atoms with Gasteiger partial charge in [0.25, 0.3) is 0 Å². The minimum absolute atomic E-state index is 0.226. The summed E-state index contributed by atoms with van der Waals surface area (Å²) in [6.07, 6.45) is 8.59. The molecule has 0 N–H and O–H groups in total. The lowest BCUT2D eigenvalue weighted by Crippen LogP contribution is -2.46. The van der Waals surface area contributed by atoms with Gasteiger partial charge < -0.3 is 14.2 Å². The molecule has 3 aliphatic rings. The van der Waals surface area contributed by atoms with Gasteiger partial charge in [0.05, 0.1) is 18.3 Å². The maximum absolute atomic E-state index is 9.06. The molecule has 0 spiro atoms. The van der Waals surface area contributed by atoms with E-state index in [2.05, 4.69) is 52.3 Å². The van der Waals surface area contributed by atoms with Crippen LogP contribution < -0.4 is 4.90 Å². The van der Waals surface area contributed by atoms with Crippen molar-refractivity contribution in [2.75, 3.05) is 4.90 Å². The monoisotopic (exact) mass is 440 g/mol. The molecule has 0 amide bonds. The van der Waals surface area contributed by atoms with Crippen LogP contribution in [0.2, 0.25) is 0 Å². The highest BCUT2D eigenvalue weighted by Gasteiger charge is 2.42. The van der Waals surface area contributed by atoms with Crippen LogP contribution in [-0.2, 0) is 11.3 Å². The van der Waals surface area contributed by atoms with Crippen LogP contribution in [0, 0.1) is 18.3 Å². The summed E-state index contributed by atoms with van der Waals surface area (Å²) in [4.78, 5) is 7.01. The normalized spacial score (nSPS) is 24.1. The molecule has 3 fully saturated rings. The standard InChI is InChI=1S/C27H28N4O2/c1-17-4-2-3-5-23(17)26-24(27(33-30-26)19-7-8-19)16-32-22-12-20-9-10-21(13-22)31(20)25-11-6-18(14-28)15-29-25/h2-6,11,15,19-22H,7-10,12-13,16H2,1H3/t20-,21+,22?. The van der Waals surface area contributed by atoms with Gasteiger partial charge in [-0.15, -0.1) is 0 Å². The van der Waals surface area contributed by atoms with Crippen molar-refractivity contribution in [3.8, 4) is 17.3 Å². The van der Waals surface area contributed by atoms with E-state index in [4.69, 9.17) is 14.5 Å². The Morgan fingerprint density at radius 1 is 1.09 bits per heavy atom. The first-order valence-corrected chi connectivity index (χ1v) is 12.0. The third-order valence-corrected chi connectivity index (χ3v) is 7.46. The average molecular weight is 441 g/mol. The number of nitriles is 1. The van der Waals surface area contributed by atoms with Gasteiger partial charge in [-0.3, -0.25) is 0 Å². The smallest absolute Gasteiger partial charge is 0.145 e. The highest BCUT2D eigenvalue weighted by molar-refractivity contribution is 5.67. The minimum atomic E-state index is 0.226. The molecule has 1 saturated carbocycles. The van der Waals surface area contributed by atoms with Crippen molar-refractivity contribution in [3.05, 3.63) is 65.0 Å². The van der Waals surface area contributed by atoms with Crippen LogP contribution in [0.5, 0.6) is 0 Å². The highest BCUT2D eigenvalue weighted by atomic mass is 16.5. The highest BCUT2D eigenvalue weighted by Crippen LogP contribution is 2.45. The summed E-state index contributed by atoms with van der Waals surface area (Å²) in [6.45, 7) is 2.67. The molecule has 1 aromatic carbocycles. The van der Waals surface area contributed by atoms with Crippen LogP contribution in [0.1, 0.15) is 66.9 Å². The number of hydrogen-bond acceptors (Lipinski definition) is 6. The number of pyridine rings is 1. The van der Waals surface area contributed by atoms with Gasteiger partial charge in [0.15, 0.2) is 0 Å². The number of aromatic nitrogens is 2. The SMILES string of the molecule is Cc1ccccc1-c1noc(C2CC2)c1COC1C[C@H]2CC[C@@H](C1)N2c1ccc(C#N)cn1. The lowest BCUT2D eigenvalue weighted by molar-refractivity contribution is 0.0146. The first kappa shape index (κ1) is 20.4. The Labute approximate surface area is 194 Å². The zero-order chi connectivity index (χ0) is 22.4. The summed E-state index contributed by atoms with van der Waals surface area (Å²) in [7, 11) is 0. The van der Waals surface area contributed by atoms with E-state index < -0.39 is 0 Å². The second kappa shape index (κ2) is 8.31. The number of hydrogen-bond donors (Lipinski definition) is 0. The largest absolute Gasteiger partial charge is 0.373 e. The zero-order valence-corrected chi connectivity index (χ0v) is 18.9. The van der Waals surface area contributed by atoms with Gasteiger partial charge >= 0.3 is 0 Å². The molecule has 168 valence electrons. The Bertz CT molecular complexity index is 1180. The molecule has 2 saturated heterocycles. The third kappa shape index (κ3) is 3.81. The maximum atomic E-state index is 9.06. The van der Waals surface area contributed by atoms with Gasteiger partial charge in [0.1, 0.15) is 23.3 Å². The average Bonchev–Trinajstić information content (AvgIpc) is 3.55. The molecular formula is C27H28N4O2. The molecule has 1 unspecified atom stereocenters. The molecule has 2 bridgehead atoms. The molecule has 3 aromatic rings. The summed E-state index contributed by atoms with van der Waals surface area (Å²) in [5, 5.41) is 13.5. The summed E-state index contributed by atoms with van der Waals surface area (Å²) < 4.78 is 12.4. The van der Waals surface area contributed by atoms with Crippen molar-refractivity contribution in [2.24, 2.45) is 0 Å². The van der Waals surface area contributed by atoms with Crippen LogP contribution in [0.4, 0.5) is 5.82 Å². The number of rotatable bonds is 6. The number of fused-ring (bicyclic) bond motifs is 2. The van der Waals surface area contributed by atoms with E-state index in [-0.39, 0.29) is 6.10 Å². The Hall–Kier alpha value is -3.17. The van der Waals surface area contributed by atoms with Crippen LogP contribution in [0.3, 0.4) is 0 Å². The zero-order valence-electron chi connectivity index (χ0n) is 18.9. The molecule has 2 aromatic heterocycles. The predicted molar refractivity (Wildman–Crippen MR) is 125 cm³/mol.